The molecule has 3 N–H and O–H groups in total. The molecule has 1 aliphatic carbocycles. The highest BCUT2D eigenvalue weighted by Crippen LogP contribution is 2.38. The van der Waals surface area contributed by atoms with E-state index in [2.05, 4.69) is 26.2 Å². The van der Waals surface area contributed by atoms with Crippen molar-refractivity contribution in [3.63, 3.8) is 0 Å². The lowest BCUT2D eigenvalue weighted by Gasteiger charge is -2.43. The topological polar surface area (TPSA) is 38.0 Å². The third kappa shape index (κ3) is 2.44. The van der Waals surface area contributed by atoms with Crippen molar-refractivity contribution in [1.29, 1.82) is 0 Å². The van der Waals surface area contributed by atoms with Crippen molar-refractivity contribution in [2.45, 2.75) is 45.6 Å². The molecule has 0 spiro atoms. The van der Waals surface area contributed by atoms with Crippen molar-refractivity contribution >= 4 is 0 Å². The van der Waals surface area contributed by atoms with E-state index < -0.39 is 0 Å². The smallest absolute Gasteiger partial charge is 0.0144 e. The summed E-state index contributed by atoms with van der Waals surface area (Å²) < 4.78 is 0. The van der Waals surface area contributed by atoms with E-state index in [1.807, 2.05) is 0 Å². The summed E-state index contributed by atoms with van der Waals surface area (Å²) in [6.45, 7) is 5.47. The van der Waals surface area contributed by atoms with Gasteiger partial charge in [0.05, 0.1) is 0 Å². The maximum Gasteiger partial charge on any atom is 0.0144 e. The average Bonchev–Trinajstić information content (AvgIpc) is 1.95. The Labute approximate surface area is 82.3 Å². The molecule has 1 unspecified atom stereocenters. The summed E-state index contributed by atoms with van der Waals surface area (Å²) in [5.41, 5.74) is 5.99. The van der Waals surface area contributed by atoms with Gasteiger partial charge in [0.2, 0.25) is 0 Å². The molecule has 0 heterocycles. The van der Waals surface area contributed by atoms with Crippen LogP contribution >= 0.6 is 0 Å². The Morgan fingerprint density at radius 1 is 1.46 bits per heavy atom. The van der Waals surface area contributed by atoms with Gasteiger partial charge in [0.15, 0.2) is 0 Å². The Hall–Kier alpha value is -0.0800. The molecule has 0 aliphatic heterocycles. The van der Waals surface area contributed by atoms with E-state index in [1.165, 1.54) is 19.3 Å². The van der Waals surface area contributed by atoms with Crippen molar-refractivity contribution in [1.82, 2.24) is 5.32 Å². The van der Waals surface area contributed by atoms with Gasteiger partial charge in [-0.15, -0.1) is 0 Å². The maximum absolute atomic E-state index is 5.64. The summed E-state index contributed by atoms with van der Waals surface area (Å²) in [7, 11) is 2.08. The van der Waals surface area contributed by atoms with Gasteiger partial charge in [-0.25, -0.2) is 0 Å². The largest absolute Gasteiger partial charge is 0.330 e. The molecule has 13 heavy (non-hydrogen) atoms. The van der Waals surface area contributed by atoms with Crippen molar-refractivity contribution in [3.8, 4) is 0 Å². The van der Waals surface area contributed by atoms with Crippen LogP contribution in [0.5, 0.6) is 0 Å². The van der Waals surface area contributed by atoms with Gasteiger partial charge in [-0.3, -0.25) is 0 Å². The van der Waals surface area contributed by atoms with Gasteiger partial charge in [0.25, 0.3) is 0 Å². The highest BCUT2D eigenvalue weighted by Gasteiger charge is 2.36. The Bertz CT molecular complexity index is 150. The zero-order chi connectivity index (χ0) is 9.90. The molecule has 0 aromatic rings. The first kappa shape index (κ1) is 11.0. The molecular formula is C11H24N2. The van der Waals surface area contributed by atoms with E-state index in [0.717, 1.165) is 18.9 Å². The first-order valence-electron chi connectivity index (χ1n) is 5.49. The predicted molar refractivity (Wildman–Crippen MR) is 57.6 cm³/mol. The van der Waals surface area contributed by atoms with Crippen molar-refractivity contribution < 1.29 is 0 Å². The molecule has 1 saturated carbocycles. The maximum atomic E-state index is 5.64. The quantitative estimate of drug-likeness (QED) is 0.683. The SMILES string of the molecule is CNC(C1CCC1)C(C)(C)CCN. The second-order valence-electron chi connectivity index (χ2n) is 4.98. The van der Waals surface area contributed by atoms with E-state index in [1.54, 1.807) is 0 Å². The zero-order valence-electron chi connectivity index (χ0n) is 9.27. The molecule has 1 rings (SSSR count). The lowest BCUT2D eigenvalue weighted by molar-refractivity contribution is 0.118. The molecular weight excluding hydrogens is 160 g/mol. The second-order valence-corrected chi connectivity index (χ2v) is 4.98. The van der Waals surface area contributed by atoms with Crippen LogP contribution in [0.2, 0.25) is 0 Å². The fourth-order valence-corrected chi connectivity index (χ4v) is 2.57. The zero-order valence-corrected chi connectivity index (χ0v) is 9.27. The van der Waals surface area contributed by atoms with Gasteiger partial charge in [0, 0.05) is 6.04 Å². The number of hydrogen-bond acceptors (Lipinski definition) is 2. The first-order valence-corrected chi connectivity index (χ1v) is 5.49. The third-order valence-corrected chi connectivity index (χ3v) is 3.56. The van der Waals surface area contributed by atoms with Crippen LogP contribution in [-0.4, -0.2) is 19.6 Å². The monoisotopic (exact) mass is 184 g/mol. The molecule has 0 amide bonds. The van der Waals surface area contributed by atoms with Gasteiger partial charge >= 0.3 is 0 Å². The molecule has 1 aliphatic rings. The molecule has 0 bridgehead atoms. The van der Waals surface area contributed by atoms with Crippen LogP contribution in [-0.2, 0) is 0 Å². The Balaban J connectivity index is 2.52. The van der Waals surface area contributed by atoms with E-state index in [9.17, 15) is 0 Å². The Morgan fingerprint density at radius 2 is 2.08 bits per heavy atom. The predicted octanol–water partition coefficient (Wildman–Crippen LogP) is 1.75. The van der Waals surface area contributed by atoms with Crippen LogP contribution in [0.4, 0.5) is 0 Å². The van der Waals surface area contributed by atoms with E-state index in [-0.39, 0.29) is 0 Å². The van der Waals surface area contributed by atoms with Crippen LogP contribution in [0.3, 0.4) is 0 Å². The van der Waals surface area contributed by atoms with Crippen molar-refractivity contribution in [3.05, 3.63) is 0 Å². The van der Waals surface area contributed by atoms with Crippen LogP contribution in [0.15, 0.2) is 0 Å². The molecule has 0 aromatic carbocycles. The summed E-state index contributed by atoms with van der Waals surface area (Å²) >= 11 is 0. The van der Waals surface area contributed by atoms with Gasteiger partial charge in [-0.2, -0.15) is 0 Å². The minimum Gasteiger partial charge on any atom is -0.330 e. The summed E-state index contributed by atoms with van der Waals surface area (Å²) in [4.78, 5) is 0. The molecule has 2 nitrogen and oxygen atoms in total. The van der Waals surface area contributed by atoms with E-state index >= 15 is 0 Å². The average molecular weight is 184 g/mol. The lowest BCUT2D eigenvalue weighted by Crippen LogP contribution is -2.48. The highest BCUT2D eigenvalue weighted by atomic mass is 14.9. The highest BCUT2D eigenvalue weighted by molar-refractivity contribution is 4.92. The number of nitrogens with one attached hydrogen (secondary N) is 1. The summed E-state index contributed by atoms with van der Waals surface area (Å²) in [6, 6.07) is 0.657. The molecule has 0 aromatic heterocycles. The molecule has 0 radical (unpaired) electrons. The molecule has 0 saturated heterocycles. The molecule has 2 heteroatoms. The van der Waals surface area contributed by atoms with Crippen LogP contribution in [0.25, 0.3) is 0 Å². The van der Waals surface area contributed by atoms with Gasteiger partial charge in [-0.1, -0.05) is 20.3 Å². The van der Waals surface area contributed by atoms with Crippen molar-refractivity contribution in [2.75, 3.05) is 13.6 Å². The van der Waals surface area contributed by atoms with Crippen molar-refractivity contribution in [2.24, 2.45) is 17.1 Å². The Morgan fingerprint density at radius 3 is 2.38 bits per heavy atom. The molecule has 1 fully saturated rings. The van der Waals surface area contributed by atoms with E-state index in [0.29, 0.717) is 11.5 Å². The van der Waals surface area contributed by atoms with Crippen LogP contribution < -0.4 is 11.1 Å². The van der Waals surface area contributed by atoms with E-state index in [4.69, 9.17) is 5.73 Å². The number of rotatable bonds is 5. The summed E-state index contributed by atoms with van der Waals surface area (Å²) in [6.07, 6.45) is 5.34. The summed E-state index contributed by atoms with van der Waals surface area (Å²) in [5, 5.41) is 3.47. The first-order chi connectivity index (χ1) is 6.11. The second kappa shape index (κ2) is 4.43. The van der Waals surface area contributed by atoms with Gasteiger partial charge < -0.3 is 11.1 Å². The van der Waals surface area contributed by atoms with Crippen LogP contribution in [0.1, 0.15) is 39.5 Å². The van der Waals surface area contributed by atoms with Gasteiger partial charge in [0.1, 0.15) is 0 Å². The number of hydrogen-bond donors (Lipinski definition) is 2. The minimum absolute atomic E-state index is 0.356. The Kier molecular flexibility index (Phi) is 3.74. The summed E-state index contributed by atoms with van der Waals surface area (Å²) in [5.74, 6) is 0.895. The minimum atomic E-state index is 0.356. The standard InChI is InChI=1S/C11H24N2/c1-11(2,7-8-12)10(13-3)9-5-4-6-9/h9-10,13H,4-8,12H2,1-3H3. The fourth-order valence-electron chi connectivity index (χ4n) is 2.57. The normalized spacial score (nSPS) is 21.2. The third-order valence-electron chi connectivity index (χ3n) is 3.56. The lowest BCUT2D eigenvalue weighted by atomic mass is 9.68. The van der Waals surface area contributed by atoms with Gasteiger partial charge in [-0.05, 0) is 44.2 Å². The number of nitrogens with two attached hydrogens (primary N) is 1. The fraction of sp³-hybridized carbons (Fsp3) is 1.00. The molecule has 78 valence electrons. The van der Waals surface area contributed by atoms with Crippen LogP contribution in [0, 0.1) is 11.3 Å². The molecule has 1 atom stereocenters.